The van der Waals surface area contributed by atoms with Gasteiger partial charge in [0.2, 0.25) is 0 Å². The summed E-state index contributed by atoms with van der Waals surface area (Å²) in [6.07, 6.45) is 0. The van der Waals surface area contributed by atoms with Crippen molar-refractivity contribution < 1.29 is 4.79 Å². The molecular formula is C19H16ClN3OS. The van der Waals surface area contributed by atoms with Crippen molar-refractivity contribution in [1.29, 1.82) is 0 Å². The Morgan fingerprint density at radius 1 is 1.16 bits per heavy atom. The van der Waals surface area contributed by atoms with Crippen molar-refractivity contribution in [2.45, 2.75) is 18.4 Å². The number of nitrogens with one attached hydrogen (secondary N) is 1. The van der Waals surface area contributed by atoms with Gasteiger partial charge >= 0.3 is 0 Å². The number of benzene rings is 2. The molecule has 2 heterocycles. The number of aryl methyl sites for hydroxylation is 1. The average molecular weight is 370 g/mol. The van der Waals surface area contributed by atoms with Crippen LogP contribution in [0.5, 0.6) is 0 Å². The number of carbonyl (C=O) groups is 1. The van der Waals surface area contributed by atoms with Crippen LogP contribution in [-0.2, 0) is 11.5 Å². The first-order valence-electron chi connectivity index (χ1n) is 7.95. The first-order chi connectivity index (χ1) is 12.1. The van der Waals surface area contributed by atoms with Crippen LogP contribution in [0.25, 0.3) is 5.69 Å². The summed E-state index contributed by atoms with van der Waals surface area (Å²) in [7, 11) is 0. The second-order valence-electron chi connectivity index (χ2n) is 5.93. The van der Waals surface area contributed by atoms with Crippen molar-refractivity contribution in [3.63, 3.8) is 0 Å². The largest absolute Gasteiger partial charge is 0.306 e. The predicted molar refractivity (Wildman–Crippen MR) is 103 cm³/mol. The molecule has 1 aromatic heterocycles. The van der Waals surface area contributed by atoms with Crippen molar-refractivity contribution >= 4 is 35.1 Å². The SMILES string of the molecule is Cc1ccccc1-n1nc2c(c1NC(=O)c1ccc(Cl)cc1)CSC2. The van der Waals surface area contributed by atoms with E-state index < -0.39 is 0 Å². The quantitative estimate of drug-likeness (QED) is 0.719. The first-order valence-corrected chi connectivity index (χ1v) is 9.48. The molecule has 126 valence electrons. The van der Waals surface area contributed by atoms with Crippen LogP contribution in [0.4, 0.5) is 5.82 Å². The Labute approximate surface area is 155 Å². The normalized spacial score (nSPS) is 12.9. The molecule has 0 radical (unpaired) electrons. The fraction of sp³-hybridized carbons (Fsp3) is 0.158. The highest BCUT2D eigenvalue weighted by molar-refractivity contribution is 7.98. The topological polar surface area (TPSA) is 46.9 Å². The van der Waals surface area contributed by atoms with E-state index in [-0.39, 0.29) is 5.91 Å². The summed E-state index contributed by atoms with van der Waals surface area (Å²) in [5.41, 5.74) is 4.81. The molecule has 0 saturated carbocycles. The number of hydrogen-bond acceptors (Lipinski definition) is 3. The summed E-state index contributed by atoms with van der Waals surface area (Å²) in [4.78, 5) is 12.7. The second kappa shape index (κ2) is 6.58. The summed E-state index contributed by atoms with van der Waals surface area (Å²) in [5, 5.41) is 8.41. The van der Waals surface area contributed by atoms with Crippen LogP contribution >= 0.6 is 23.4 Å². The molecule has 0 fully saturated rings. The monoisotopic (exact) mass is 369 g/mol. The standard InChI is InChI=1S/C19H16ClN3OS/c1-12-4-2-3-5-17(12)23-18(15-10-25-11-16(15)22-23)21-19(24)13-6-8-14(20)9-7-13/h2-9H,10-11H2,1H3,(H,21,24). The number of nitrogens with zero attached hydrogens (tertiary/aromatic N) is 2. The Bertz CT molecular complexity index is 950. The molecule has 1 N–H and O–H groups in total. The number of rotatable bonds is 3. The number of aromatic nitrogens is 2. The van der Waals surface area contributed by atoms with Crippen LogP contribution < -0.4 is 5.32 Å². The molecule has 2 aromatic carbocycles. The van der Waals surface area contributed by atoms with Crippen LogP contribution in [0.15, 0.2) is 48.5 Å². The number of thioether (sulfide) groups is 1. The molecule has 0 unspecified atom stereocenters. The predicted octanol–water partition coefficient (Wildman–Crippen LogP) is 4.83. The summed E-state index contributed by atoms with van der Waals surface area (Å²) in [6.45, 7) is 2.04. The zero-order valence-corrected chi connectivity index (χ0v) is 15.2. The highest BCUT2D eigenvalue weighted by Gasteiger charge is 2.25. The minimum atomic E-state index is -0.161. The number of fused-ring (bicyclic) bond motifs is 1. The molecule has 1 aliphatic rings. The lowest BCUT2D eigenvalue weighted by molar-refractivity contribution is 0.102. The van der Waals surface area contributed by atoms with E-state index in [2.05, 4.69) is 5.32 Å². The number of amides is 1. The van der Waals surface area contributed by atoms with Gasteiger partial charge in [0, 0.05) is 27.7 Å². The van der Waals surface area contributed by atoms with Gasteiger partial charge in [0.15, 0.2) is 0 Å². The Balaban J connectivity index is 1.75. The lowest BCUT2D eigenvalue weighted by atomic mass is 10.2. The summed E-state index contributed by atoms with van der Waals surface area (Å²) in [6, 6.07) is 14.9. The smallest absolute Gasteiger partial charge is 0.256 e. The van der Waals surface area contributed by atoms with Crippen LogP contribution in [-0.4, -0.2) is 15.7 Å². The van der Waals surface area contributed by atoms with E-state index in [0.29, 0.717) is 10.6 Å². The van der Waals surface area contributed by atoms with Crippen LogP contribution in [0, 0.1) is 6.92 Å². The molecule has 1 aliphatic heterocycles. The maximum absolute atomic E-state index is 12.7. The van der Waals surface area contributed by atoms with E-state index >= 15 is 0 Å². The Kier molecular flexibility index (Phi) is 4.27. The fourth-order valence-corrected chi connectivity index (χ4v) is 4.06. The van der Waals surface area contributed by atoms with Gasteiger partial charge in [-0.15, -0.1) is 0 Å². The van der Waals surface area contributed by atoms with Crippen molar-refractivity contribution in [2.24, 2.45) is 0 Å². The van der Waals surface area contributed by atoms with Crippen LogP contribution in [0.2, 0.25) is 5.02 Å². The molecule has 25 heavy (non-hydrogen) atoms. The van der Waals surface area contributed by atoms with Gasteiger partial charge in [-0.2, -0.15) is 16.9 Å². The molecule has 0 atom stereocenters. The van der Waals surface area contributed by atoms with Gasteiger partial charge in [-0.3, -0.25) is 4.79 Å². The summed E-state index contributed by atoms with van der Waals surface area (Å²) < 4.78 is 1.85. The number of hydrogen-bond donors (Lipinski definition) is 1. The van der Waals surface area contributed by atoms with Gasteiger partial charge in [0.1, 0.15) is 5.82 Å². The molecule has 0 saturated heterocycles. The van der Waals surface area contributed by atoms with E-state index in [4.69, 9.17) is 16.7 Å². The average Bonchev–Trinajstić information content (AvgIpc) is 3.19. The molecule has 6 heteroatoms. The van der Waals surface area contributed by atoms with Crippen LogP contribution in [0.1, 0.15) is 27.2 Å². The van der Waals surface area contributed by atoms with Crippen molar-refractivity contribution in [1.82, 2.24) is 9.78 Å². The molecule has 3 aromatic rings. The third-order valence-electron chi connectivity index (χ3n) is 4.23. The highest BCUT2D eigenvalue weighted by atomic mass is 35.5. The lowest BCUT2D eigenvalue weighted by Gasteiger charge is -2.13. The van der Waals surface area contributed by atoms with Gasteiger partial charge in [0.25, 0.3) is 5.91 Å². The third-order valence-corrected chi connectivity index (χ3v) is 5.46. The molecular weight excluding hydrogens is 354 g/mol. The number of carbonyl (C=O) groups excluding carboxylic acids is 1. The zero-order valence-electron chi connectivity index (χ0n) is 13.6. The van der Waals surface area contributed by atoms with E-state index in [0.717, 1.165) is 39.8 Å². The molecule has 0 bridgehead atoms. The Hall–Kier alpha value is -2.24. The van der Waals surface area contributed by atoms with E-state index in [1.54, 1.807) is 24.3 Å². The second-order valence-corrected chi connectivity index (χ2v) is 7.35. The van der Waals surface area contributed by atoms with E-state index in [1.807, 2.05) is 47.6 Å². The fourth-order valence-electron chi connectivity index (χ4n) is 2.90. The molecule has 0 spiro atoms. The van der Waals surface area contributed by atoms with Gasteiger partial charge < -0.3 is 5.32 Å². The lowest BCUT2D eigenvalue weighted by Crippen LogP contribution is -2.16. The van der Waals surface area contributed by atoms with E-state index in [1.165, 1.54) is 0 Å². The van der Waals surface area contributed by atoms with E-state index in [9.17, 15) is 4.79 Å². The molecule has 1 amide bonds. The van der Waals surface area contributed by atoms with Gasteiger partial charge in [-0.1, -0.05) is 29.8 Å². The van der Waals surface area contributed by atoms with Gasteiger partial charge in [-0.05, 0) is 42.8 Å². The number of halogens is 1. The first kappa shape index (κ1) is 16.2. The third kappa shape index (κ3) is 3.05. The zero-order chi connectivity index (χ0) is 17.4. The van der Waals surface area contributed by atoms with Gasteiger partial charge in [0.05, 0.1) is 11.4 Å². The maximum Gasteiger partial charge on any atom is 0.256 e. The molecule has 0 aliphatic carbocycles. The highest BCUT2D eigenvalue weighted by Crippen LogP contribution is 2.36. The van der Waals surface area contributed by atoms with Crippen molar-refractivity contribution in [2.75, 3.05) is 5.32 Å². The maximum atomic E-state index is 12.7. The van der Waals surface area contributed by atoms with Crippen LogP contribution in [0.3, 0.4) is 0 Å². The van der Waals surface area contributed by atoms with Crippen molar-refractivity contribution in [3.8, 4) is 5.69 Å². The summed E-state index contributed by atoms with van der Waals surface area (Å²) >= 11 is 7.72. The minimum absolute atomic E-state index is 0.161. The minimum Gasteiger partial charge on any atom is -0.306 e. The number of anilines is 1. The Morgan fingerprint density at radius 2 is 1.92 bits per heavy atom. The summed E-state index contributed by atoms with van der Waals surface area (Å²) in [5.74, 6) is 2.33. The molecule has 4 nitrogen and oxygen atoms in total. The number of para-hydroxylation sites is 1. The molecule has 4 rings (SSSR count). The van der Waals surface area contributed by atoms with Gasteiger partial charge in [-0.25, -0.2) is 4.68 Å². The Morgan fingerprint density at radius 3 is 2.68 bits per heavy atom. The van der Waals surface area contributed by atoms with Crippen molar-refractivity contribution in [3.05, 3.63) is 75.9 Å².